The summed E-state index contributed by atoms with van der Waals surface area (Å²) in [6.45, 7) is 2.32. The van der Waals surface area contributed by atoms with E-state index in [9.17, 15) is 4.79 Å². The van der Waals surface area contributed by atoms with Gasteiger partial charge >= 0.3 is 0 Å². The van der Waals surface area contributed by atoms with E-state index in [1.165, 1.54) is 6.08 Å². The molecule has 3 aromatic rings. The van der Waals surface area contributed by atoms with Gasteiger partial charge in [0.2, 0.25) is 11.9 Å². The zero-order chi connectivity index (χ0) is 16.2. The van der Waals surface area contributed by atoms with Crippen molar-refractivity contribution in [2.75, 3.05) is 5.73 Å². The van der Waals surface area contributed by atoms with Gasteiger partial charge in [-0.05, 0) is 19.1 Å². The van der Waals surface area contributed by atoms with E-state index in [-0.39, 0.29) is 11.9 Å². The first-order chi connectivity index (χ1) is 11.1. The van der Waals surface area contributed by atoms with Gasteiger partial charge in [-0.25, -0.2) is 9.97 Å². The molecular weight excluding hydrogens is 292 g/mol. The lowest BCUT2D eigenvalue weighted by atomic mass is 10.1. The zero-order valence-corrected chi connectivity index (χ0v) is 12.6. The number of nitrogen functional groups attached to an aromatic ring is 1. The molecule has 0 radical (unpaired) electrons. The molecule has 0 aliphatic rings. The number of para-hydroxylation sites is 1. The number of nitrogens with one attached hydrogen (secondary N) is 1. The number of nitrogens with zero attached hydrogens (tertiary/aromatic N) is 2. The summed E-state index contributed by atoms with van der Waals surface area (Å²) in [4.78, 5) is 19.6. The summed E-state index contributed by atoms with van der Waals surface area (Å²) in [7, 11) is 0. The molecule has 0 atom stereocenters. The molecule has 0 unspecified atom stereocenters. The van der Waals surface area contributed by atoms with E-state index in [1.54, 1.807) is 18.5 Å². The average molecular weight is 308 g/mol. The van der Waals surface area contributed by atoms with E-state index >= 15 is 0 Å². The normalized spacial score (nSPS) is 11.2. The van der Waals surface area contributed by atoms with Crippen LogP contribution in [0, 0.1) is 6.92 Å². The second-order valence-corrected chi connectivity index (χ2v) is 5.07. The third-order valence-electron chi connectivity index (χ3n) is 3.48. The van der Waals surface area contributed by atoms with Gasteiger partial charge in [0.15, 0.2) is 0 Å². The number of benzene rings is 1. The number of anilines is 1. The number of fused-ring (bicyclic) bond motifs is 1. The molecule has 3 rings (SSSR count). The zero-order valence-electron chi connectivity index (χ0n) is 12.6. The van der Waals surface area contributed by atoms with E-state index in [2.05, 4.69) is 15.3 Å². The Morgan fingerprint density at radius 1 is 1.30 bits per heavy atom. The van der Waals surface area contributed by atoms with Crippen molar-refractivity contribution in [1.82, 2.24) is 15.3 Å². The number of aromatic nitrogens is 2. The summed E-state index contributed by atoms with van der Waals surface area (Å²) in [5.74, 6) is 0.734. The van der Waals surface area contributed by atoms with E-state index in [0.717, 1.165) is 22.3 Å². The van der Waals surface area contributed by atoms with Crippen LogP contribution in [-0.4, -0.2) is 15.9 Å². The number of carbonyl (C=O) groups excluding carboxylic acids is 1. The van der Waals surface area contributed by atoms with Crippen molar-refractivity contribution < 1.29 is 9.21 Å². The molecule has 23 heavy (non-hydrogen) atoms. The predicted molar refractivity (Wildman–Crippen MR) is 88.3 cm³/mol. The molecule has 1 amide bonds. The predicted octanol–water partition coefficient (Wildman–Crippen LogP) is 2.44. The van der Waals surface area contributed by atoms with E-state index in [0.29, 0.717) is 12.1 Å². The van der Waals surface area contributed by atoms with Crippen molar-refractivity contribution in [3.05, 3.63) is 59.6 Å². The number of carbonyl (C=O) groups is 1. The SMILES string of the molecule is Cc1c(CNC(=O)/C=C/c2cnc(N)nc2)oc2ccccc12. The molecule has 0 aliphatic carbocycles. The molecule has 0 fully saturated rings. The van der Waals surface area contributed by atoms with Gasteiger partial charge in [-0.2, -0.15) is 0 Å². The highest BCUT2D eigenvalue weighted by molar-refractivity contribution is 5.91. The summed E-state index contributed by atoms with van der Waals surface area (Å²) in [5, 5.41) is 3.86. The van der Waals surface area contributed by atoms with Crippen LogP contribution < -0.4 is 11.1 Å². The summed E-state index contributed by atoms with van der Waals surface area (Å²) < 4.78 is 5.75. The van der Waals surface area contributed by atoms with Gasteiger partial charge in [-0.1, -0.05) is 18.2 Å². The molecule has 0 bridgehead atoms. The minimum Gasteiger partial charge on any atom is -0.459 e. The van der Waals surface area contributed by atoms with Gasteiger partial charge in [-0.3, -0.25) is 4.79 Å². The second kappa shape index (κ2) is 6.31. The van der Waals surface area contributed by atoms with Crippen molar-refractivity contribution in [1.29, 1.82) is 0 Å². The van der Waals surface area contributed by atoms with Crippen LogP contribution in [-0.2, 0) is 11.3 Å². The van der Waals surface area contributed by atoms with Crippen LogP contribution in [0.4, 0.5) is 5.95 Å². The molecule has 3 N–H and O–H groups in total. The Balaban J connectivity index is 1.64. The number of hydrogen-bond donors (Lipinski definition) is 2. The summed E-state index contributed by atoms with van der Waals surface area (Å²) in [5.41, 5.74) is 7.97. The summed E-state index contributed by atoms with van der Waals surface area (Å²) in [6.07, 6.45) is 6.15. The van der Waals surface area contributed by atoms with Crippen molar-refractivity contribution in [2.24, 2.45) is 0 Å². The van der Waals surface area contributed by atoms with E-state index in [1.807, 2.05) is 31.2 Å². The molecule has 0 spiro atoms. The number of aryl methyl sites for hydroxylation is 1. The van der Waals surface area contributed by atoms with Gasteiger partial charge in [0.25, 0.3) is 0 Å². The third-order valence-corrected chi connectivity index (χ3v) is 3.48. The molecule has 0 saturated heterocycles. The third kappa shape index (κ3) is 3.37. The number of nitrogens with two attached hydrogens (primary N) is 1. The Morgan fingerprint density at radius 2 is 2.04 bits per heavy atom. The van der Waals surface area contributed by atoms with Crippen LogP contribution in [0.5, 0.6) is 0 Å². The fourth-order valence-corrected chi connectivity index (χ4v) is 2.23. The summed E-state index contributed by atoms with van der Waals surface area (Å²) in [6, 6.07) is 7.80. The first-order valence-corrected chi connectivity index (χ1v) is 7.14. The largest absolute Gasteiger partial charge is 0.459 e. The minimum absolute atomic E-state index is 0.201. The highest BCUT2D eigenvalue weighted by atomic mass is 16.3. The monoisotopic (exact) mass is 308 g/mol. The maximum absolute atomic E-state index is 11.9. The van der Waals surface area contributed by atoms with Crippen molar-refractivity contribution in [2.45, 2.75) is 13.5 Å². The molecule has 6 heteroatoms. The average Bonchev–Trinajstić information content (AvgIpc) is 2.89. The highest BCUT2D eigenvalue weighted by Crippen LogP contribution is 2.24. The van der Waals surface area contributed by atoms with Gasteiger partial charge < -0.3 is 15.5 Å². The molecule has 2 aromatic heterocycles. The Kier molecular flexibility index (Phi) is 4.05. The number of rotatable bonds is 4. The molecule has 116 valence electrons. The van der Waals surface area contributed by atoms with Crippen molar-refractivity contribution in [3.63, 3.8) is 0 Å². The quantitative estimate of drug-likeness (QED) is 0.722. The molecule has 0 aliphatic heterocycles. The number of hydrogen-bond acceptors (Lipinski definition) is 5. The van der Waals surface area contributed by atoms with Crippen molar-refractivity contribution in [3.8, 4) is 0 Å². The van der Waals surface area contributed by atoms with Gasteiger partial charge in [0.1, 0.15) is 11.3 Å². The first kappa shape index (κ1) is 14.8. The standard InChI is InChI=1S/C17H16N4O2/c1-11-13-4-2-3-5-14(13)23-15(11)10-19-16(22)7-6-12-8-20-17(18)21-9-12/h2-9H,10H2,1H3,(H,19,22)(H2,18,20,21)/b7-6+. The maximum Gasteiger partial charge on any atom is 0.244 e. The van der Waals surface area contributed by atoms with Crippen LogP contribution >= 0.6 is 0 Å². The molecule has 2 heterocycles. The molecule has 1 aromatic carbocycles. The molecule has 0 saturated carbocycles. The Hall–Kier alpha value is -3.15. The fourth-order valence-electron chi connectivity index (χ4n) is 2.23. The van der Waals surface area contributed by atoms with Crippen molar-refractivity contribution >= 4 is 28.9 Å². The van der Waals surface area contributed by atoms with Gasteiger partial charge in [0, 0.05) is 35.0 Å². The highest BCUT2D eigenvalue weighted by Gasteiger charge is 2.10. The topological polar surface area (TPSA) is 94.0 Å². The lowest BCUT2D eigenvalue weighted by molar-refractivity contribution is -0.116. The first-order valence-electron chi connectivity index (χ1n) is 7.14. The smallest absolute Gasteiger partial charge is 0.244 e. The summed E-state index contributed by atoms with van der Waals surface area (Å²) >= 11 is 0. The van der Waals surface area contributed by atoms with Gasteiger partial charge in [0.05, 0.1) is 6.54 Å². The Morgan fingerprint density at radius 3 is 2.78 bits per heavy atom. The number of furan rings is 1. The second-order valence-electron chi connectivity index (χ2n) is 5.07. The lowest BCUT2D eigenvalue weighted by Gasteiger charge is -2.00. The fraction of sp³-hybridized carbons (Fsp3) is 0.118. The Labute approximate surface area is 133 Å². The van der Waals surface area contributed by atoms with E-state index < -0.39 is 0 Å². The maximum atomic E-state index is 11.9. The van der Waals surface area contributed by atoms with E-state index in [4.69, 9.17) is 10.2 Å². The number of amides is 1. The Bertz CT molecular complexity index is 866. The van der Waals surface area contributed by atoms with Crippen LogP contribution in [0.1, 0.15) is 16.9 Å². The van der Waals surface area contributed by atoms with Crippen LogP contribution in [0.25, 0.3) is 17.0 Å². The molecule has 6 nitrogen and oxygen atoms in total. The lowest BCUT2D eigenvalue weighted by Crippen LogP contribution is -2.20. The minimum atomic E-state index is -0.221. The van der Waals surface area contributed by atoms with Crippen LogP contribution in [0.2, 0.25) is 0 Å². The van der Waals surface area contributed by atoms with Gasteiger partial charge in [-0.15, -0.1) is 0 Å². The molecular formula is C17H16N4O2. The van der Waals surface area contributed by atoms with Crippen LogP contribution in [0.3, 0.4) is 0 Å². The van der Waals surface area contributed by atoms with Crippen LogP contribution in [0.15, 0.2) is 47.2 Å².